The van der Waals surface area contributed by atoms with Crippen LogP contribution in [0.2, 0.25) is 0 Å². The van der Waals surface area contributed by atoms with E-state index in [1.807, 2.05) is 49.4 Å². The Kier molecular flexibility index (Phi) is 13.3. The summed E-state index contributed by atoms with van der Waals surface area (Å²) in [6.45, 7) is 8.29. The molecule has 1 unspecified atom stereocenters. The highest BCUT2D eigenvalue weighted by Gasteiger charge is 2.40. The summed E-state index contributed by atoms with van der Waals surface area (Å²) < 4.78 is 58.8. The Bertz CT molecular complexity index is 1830. The molecule has 2 aliphatic rings. The Morgan fingerprint density at radius 3 is 2.49 bits per heavy atom. The minimum Gasteiger partial charge on any atom is -0.494 e. The van der Waals surface area contributed by atoms with Crippen LogP contribution in [0.25, 0.3) is 0 Å². The third kappa shape index (κ3) is 9.73. The van der Waals surface area contributed by atoms with Crippen molar-refractivity contribution in [1.29, 1.82) is 0 Å². The second kappa shape index (κ2) is 18.3. The average molecular weight is 749 g/mol. The van der Waals surface area contributed by atoms with Gasteiger partial charge in [0.05, 0.1) is 29.8 Å². The molecule has 5 atom stereocenters. The van der Waals surface area contributed by atoms with Gasteiger partial charge in [-0.25, -0.2) is 8.42 Å². The van der Waals surface area contributed by atoms with E-state index < -0.39 is 21.4 Å². The molecule has 0 aliphatic carbocycles. The number of piperidine rings is 1. The summed E-state index contributed by atoms with van der Waals surface area (Å²) in [5.41, 5.74) is 2.16. The Morgan fingerprint density at radius 1 is 0.981 bits per heavy atom. The summed E-state index contributed by atoms with van der Waals surface area (Å²) in [7, 11) is -0.638. The van der Waals surface area contributed by atoms with E-state index in [1.165, 1.54) is 0 Å². The number of hydrogen-bond acceptors (Lipinski definition) is 12. The number of aromatic nitrogens is 4. The maximum absolute atomic E-state index is 14.7. The molecule has 6 rings (SSSR count). The van der Waals surface area contributed by atoms with Crippen LogP contribution in [0.1, 0.15) is 72.4 Å². The molecule has 1 aromatic heterocycles. The van der Waals surface area contributed by atoms with Crippen molar-refractivity contribution in [3.63, 3.8) is 0 Å². The number of methoxy groups -OCH3 is 2. The predicted octanol–water partition coefficient (Wildman–Crippen LogP) is 5.36. The monoisotopic (exact) mass is 748 g/mol. The Balaban J connectivity index is 1.33. The molecule has 2 aliphatic heterocycles. The molecule has 4 aromatic rings. The number of fused-ring (bicyclic) bond motifs is 1. The van der Waals surface area contributed by atoms with Crippen molar-refractivity contribution in [1.82, 2.24) is 25.9 Å². The van der Waals surface area contributed by atoms with Crippen molar-refractivity contribution < 1.29 is 32.1 Å². The Morgan fingerprint density at radius 2 is 1.75 bits per heavy atom. The molecule has 1 saturated heterocycles. The fourth-order valence-electron chi connectivity index (χ4n) is 7.16. The fraction of sp³-hybridized carbons (Fsp3) is 0.513. The van der Waals surface area contributed by atoms with E-state index in [0.717, 1.165) is 54.1 Å². The number of benzene rings is 3. The molecule has 0 radical (unpaired) electrons. The number of hydrogen-bond donors (Lipinski definition) is 2. The van der Waals surface area contributed by atoms with Gasteiger partial charge < -0.3 is 33.9 Å². The number of ether oxygens (including phenoxy) is 5. The normalized spacial score (nSPS) is 20.0. The van der Waals surface area contributed by atoms with Gasteiger partial charge in [-0.05, 0) is 73.7 Å². The molecule has 53 heavy (non-hydrogen) atoms. The zero-order valence-electron chi connectivity index (χ0n) is 31.1. The van der Waals surface area contributed by atoms with Crippen LogP contribution in [0.5, 0.6) is 11.5 Å². The number of nitrogens with zero attached hydrogens (tertiary/aromatic N) is 4. The first-order valence-electron chi connectivity index (χ1n) is 18.4. The van der Waals surface area contributed by atoms with Gasteiger partial charge >= 0.3 is 0 Å². The fourth-order valence-corrected chi connectivity index (χ4v) is 8.72. The summed E-state index contributed by atoms with van der Waals surface area (Å²) in [6, 6.07) is 20.8. The van der Waals surface area contributed by atoms with Crippen LogP contribution in [0.4, 0.5) is 5.69 Å². The number of H-pyrrole nitrogens is 1. The molecular formula is C39H52N6O7S. The molecular weight excluding hydrogens is 697 g/mol. The van der Waals surface area contributed by atoms with Crippen molar-refractivity contribution in [2.45, 2.75) is 73.8 Å². The van der Waals surface area contributed by atoms with Gasteiger partial charge in [0.1, 0.15) is 18.1 Å². The molecule has 0 spiro atoms. The number of rotatable bonds is 18. The van der Waals surface area contributed by atoms with E-state index >= 15 is 0 Å². The second-order valence-electron chi connectivity index (χ2n) is 13.9. The molecule has 14 heteroatoms. The van der Waals surface area contributed by atoms with Gasteiger partial charge in [-0.2, -0.15) is 5.21 Å². The van der Waals surface area contributed by atoms with Gasteiger partial charge in [0.15, 0.2) is 11.3 Å². The van der Waals surface area contributed by atoms with Crippen molar-refractivity contribution >= 4 is 15.5 Å². The number of nitrogens with one attached hydrogen (secondary N) is 2. The van der Waals surface area contributed by atoms with Crippen molar-refractivity contribution in [2.24, 2.45) is 0 Å². The molecule has 3 heterocycles. The number of aryl methyl sites for hydroxylation is 1. The molecule has 13 nitrogen and oxygen atoms in total. The standard InChI is InChI=1S/C39H52N6O7S/c1-27-7-14-33(15-8-27)53(46,47)39(30-11-16-36-35(24-30)45(18-22-51-36)17-5-19-48-3)52-37-26-40-31(23-28(2)38-41-43-44-42-38)25-34(37)29-9-12-32(13-10-29)50-21-6-20-49-4/h7-16,24,28,31,34,37,39-40H,5-6,17-23,25-26H2,1-4H3,(H,41,42,43,44)/t28-,31+,34-,37+,39?/m1/s1. The largest absolute Gasteiger partial charge is 0.494 e. The quantitative estimate of drug-likeness (QED) is 0.126. The third-order valence-corrected chi connectivity index (χ3v) is 11.9. The first kappa shape index (κ1) is 38.6. The van der Waals surface area contributed by atoms with Crippen LogP contribution >= 0.6 is 0 Å². The van der Waals surface area contributed by atoms with E-state index in [9.17, 15) is 8.42 Å². The molecule has 0 saturated carbocycles. The van der Waals surface area contributed by atoms with Crippen molar-refractivity contribution in [2.75, 3.05) is 65.2 Å². The van der Waals surface area contributed by atoms with Gasteiger partial charge in [0, 0.05) is 64.8 Å². The number of aromatic amines is 1. The number of anilines is 1. The van der Waals surface area contributed by atoms with Crippen molar-refractivity contribution in [3.8, 4) is 11.5 Å². The first-order chi connectivity index (χ1) is 25.8. The lowest BCUT2D eigenvalue weighted by molar-refractivity contribution is -0.00706. The van der Waals surface area contributed by atoms with E-state index in [4.69, 9.17) is 23.7 Å². The second-order valence-corrected chi connectivity index (χ2v) is 15.9. The molecule has 0 amide bonds. The van der Waals surface area contributed by atoms with Gasteiger partial charge in [0.2, 0.25) is 9.84 Å². The average Bonchev–Trinajstić information content (AvgIpc) is 3.72. The third-order valence-electron chi connectivity index (χ3n) is 10.0. The Hall–Kier alpha value is -4.08. The SMILES string of the molecule is COCCCOc1ccc([C@H]2C[C@H](C[C@@H](C)c3nn[nH]n3)NC[C@@H]2OC(c2ccc3c(c2)N(CCCOC)CCO3)S(=O)(=O)c2ccc(C)cc2)cc1. The number of sulfone groups is 1. The van der Waals surface area contributed by atoms with Crippen LogP contribution < -0.4 is 19.7 Å². The minimum absolute atomic E-state index is 0.0615. The molecule has 0 bridgehead atoms. The number of tetrazole rings is 1. The Labute approximate surface area is 312 Å². The van der Waals surface area contributed by atoms with Crippen LogP contribution in [0.15, 0.2) is 71.6 Å². The summed E-state index contributed by atoms with van der Waals surface area (Å²) in [6.07, 6.45) is 2.64. The van der Waals surface area contributed by atoms with Gasteiger partial charge in [-0.3, -0.25) is 0 Å². The molecule has 1 fully saturated rings. The van der Waals surface area contributed by atoms with Gasteiger partial charge in [-0.15, -0.1) is 10.2 Å². The van der Waals surface area contributed by atoms with Crippen LogP contribution in [0.3, 0.4) is 0 Å². The van der Waals surface area contributed by atoms with Crippen LogP contribution in [-0.2, 0) is 24.0 Å². The summed E-state index contributed by atoms with van der Waals surface area (Å²) >= 11 is 0. The summed E-state index contributed by atoms with van der Waals surface area (Å²) in [5, 5.41) is 18.4. The highest BCUT2D eigenvalue weighted by molar-refractivity contribution is 7.91. The van der Waals surface area contributed by atoms with Crippen LogP contribution in [0, 0.1) is 6.92 Å². The molecule has 2 N–H and O–H groups in total. The van der Waals surface area contributed by atoms with Gasteiger partial charge in [0.25, 0.3) is 0 Å². The maximum atomic E-state index is 14.7. The van der Waals surface area contributed by atoms with Crippen molar-refractivity contribution in [3.05, 3.63) is 89.2 Å². The highest BCUT2D eigenvalue weighted by atomic mass is 32.2. The van der Waals surface area contributed by atoms with Crippen LogP contribution in [-0.4, -0.2) is 101 Å². The molecule has 286 valence electrons. The molecule has 3 aromatic carbocycles. The zero-order chi connectivity index (χ0) is 37.2. The lowest BCUT2D eigenvalue weighted by Gasteiger charge is -2.39. The maximum Gasteiger partial charge on any atom is 0.209 e. The van der Waals surface area contributed by atoms with E-state index in [-0.39, 0.29) is 22.8 Å². The van der Waals surface area contributed by atoms with Gasteiger partial charge in [-0.1, -0.05) is 48.0 Å². The zero-order valence-corrected chi connectivity index (χ0v) is 31.9. The van der Waals surface area contributed by atoms with E-state index in [1.54, 1.807) is 26.4 Å². The lowest BCUT2D eigenvalue weighted by Crippen LogP contribution is -2.48. The first-order valence-corrected chi connectivity index (χ1v) is 20.0. The summed E-state index contributed by atoms with van der Waals surface area (Å²) in [4.78, 5) is 2.44. The lowest BCUT2D eigenvalue weighted by atomic mass is 9.81. The van der Waals surface area contributed by atoms with E-state index in [2.05, 4.69) is 49.9 Å². The topological polar surface area (TPSA) is 150 Å². The van der Waals surface area contributed by atoms with E-state index in [0.29, 0.717) is 57.3 Å². The minimum atomic E-state index is -4.01. The summed E-state index contributed by atoms with van der Waals surface area (Å²) in [5.74, 6) is 2.09. The smallest absolute Gasteiger partial charge is 0.209 e. The predicted molar refractivity (Wildman–Crippen MR) is 201 cm³/mol. The highest BCUT2D eigenvalue weighted by Crippen LogP contribution is 2.42.